The molecule has 5 aliphatic carbocycles. The SMILES string of the molecule is CC(C)CCC[C@H](C)[C@H]1CC[C@H]2[C@@H]3CC=C4C[C@H](OC(=O)NC5CCCCC5)CC[C@]4(C)[C@H]3CC[C@]12C. The van der Waals surface area contributed by atoms with Crippen molar-refractivity contribution in [1.82, 2.24) is 5.32 Å². The molecule has 4 fully saturated rings. The van der Waals surface area contributed by atoms with Crippen molar-refractivity contribution in [2.24, 2.45) is 46.3 Å². The second-order valence-electron chi connectivity index (χ2n) is 15.0. The largest absolute Gasteiger partial charge is 0.446 e. The summed E-state index contributed by atoms with van der Waals surface area (Å²) in [6.45, 7) is 12.6. The van der Waals surface area contributed by atoms with E-state index in [2.05, 4.69) is 46.0 Å². The predicted molar refractivity (Wildman–Crippen MR) is 153 cm³/mol. The molecule has 0 aromatic carbocycles. The molecule has 5 aliphatic rings. The number of hydrogen-bond acceptors (Lipinski definition) is 2. The molecule has 0 spiro atoms. The van der Waals surface area contributed by atoms with Gasteiger partial charge >= 0.3 is 6.09 Å². The zero-order valence-electron chi connectivity index (χ0n) is 24.8. The highest BCUT2D eigenvalue weighted by Gasteiger charge is 2.59. The van der Waals surface area contributed by atoms with E-state index in [-0.39, 0.29) is 12.2 Å². The van der Waals surface area contributed by atoms with Crippen molar-refractivity contribution in [2.45, 2.75) is 149 Å². The lowest BCUT2D eigenvalue weighted by atomic mass is 9.47. The maximum absolute atomic E-state index is 12.6. The van der Waals surface area contributed by atoms with Crippen LogP contribution in [0, 0.1) is 46.3 Å². The molecular formula is C34H57NO2. The van der Waals surface area contributed by atoms with Gasteiger partial charge in [-0.1, -0.05) is 84.8 Å². The van der Waals surface area contributed by atoms with Gasteiger partial charge in [0.2, 0.25) is 0 Å². The average Bonchev–Trinajstić information content (AvgIpc) is 3.22. The number of carbonyl (C=O) groups excluding carboxylic acids is 1. The quantitative estimate of drug-likeness (QED) is 0.346. The zero-order chi connectivity index (χ0) is 26.2. The molecule has 1 amide bonds. The molecule has 3 heteroatoms. The Morgan fingerprint density at radius 1 is 0.973 bits per heavy atom. The van der Waals surface area contributed by atoms with Crippen LogP contribution in [0.15, 0.2) is 11.6 Å². The van der Waals surface area contributed by atoms with E-state index in [1.807, 2.05) is 0 Å². The number of amides is 1. The fourth-order valence-corrected chi connectivity index (χ4v) is 10.4. The second kappa shape index (κ2) is 11.2. The molecule has 0 aromatic rings. The van der Waals surface area contributed by atoms with Crippen LogP contribution < -0.4 is 5.32 Å². The van der Waals surface area contributed by atoms with Gasteiger partial charge < -0.3 is 10.1 Å². The molecule has 1 N–H and O–H groups in total. The Bertz CT molecular complexity index is 828. The van der Waals surface area contributed by atoms with E-state index in [0.717, 1.165) is 61.2 Å². The van der Waals surface area contributed by atoms with Gasteiger partial charge in [0.15, 0.2) is 0 Å². The van der Waals surface area contributed by atoms with Crippen LogP contribution in [0.25, 0.3) is 0 Å². The van der Waals surface area contributed by atoms with Crippen molar-refractivity contribution >= 4 is 6.09 Å². The van der Waals surface area contributed by atoms with Crippen molar-refractivity contribution in [3.05, 3.63) is 11.6 Å². The van der Waals surface area contributed by atoms with Gasteiger partial charge in [0.25, 0.3) is 0 Å². The van der Waals surface area contributed by atoms with Crippen molar-refractivity contribution in [3.8, 4) is 0 Å². The number of ether oxygens (including phenoxy) is 1. The van der Waals surface area contributed by atoms with Gasteiger partial charge in [-0.15, -0.1) is 0 Å². The first-order chi connectivity index (χ1) is 17.7. The summed E-state index contributed by atoms with van der Waals surface area (Å²) in [6, 6.07) is 0.328. The fraction of sp³-hybridized carbons (Fsp3) is 0.912. The Morgan fingerprint density at radius 3 is 2.51 bits per heavy atom. The van der Waals surface area contributed by atoms with E-state index in [4.69, 9.17) is 4.74 Å². The molecule has 8 atom stereocenters. The lowest BCUT2D eigenvalue weighted by Crippen LogP contribution is -2.51. The summed E-state index contributed by atoms with van der Waals surface area (Å²) in [6.07, 6.45) is 23.0. The highest BCUT2D eigenvalue weighted by molar-refractivity contribution is 5.67. The van der Waals surface area contributed by atoms with E-state index in [1.54, 1.807) is 5.57 Å². The maximum Gasteiger partial charge on any atom is 0.407 e. The number of alkyl carbamates (subject to hydrolysis) is 1. The average molecular weight is 512 g/mol. The number of nitrogens with one attached hydrogen (secondary N) is 1. The maximum atomic E-state index is 12.6. The van der Waals surface area contributed by atoms with Crippen LogP contribution in [0.2, 0.25) is 0 Å². The summed E-state index contributed by atoms with van der Waals surface area (Å²) < 4.78 is 6.01. The highest BCUT2D eigenvalue weighted by atomic mass is 16.6. The fourth-order valence-electron chi connectivity index (χ4n) is 10.4. The van der Waals surface area contributed by atoms with Crippen LogP contribution in [0.1, 0.15) is 137 Å². The Kier molecular flexibility index (Phi) is 8.38. The summed E-state index contributed by atoms with van der Waals surface area (Å²) >= 11 is 0. The number of rotatable bonds is 7. The molecule has 0 heterocycles. The predicted octanol–water partition coefficient (Wildman–Crippen LogP) is 9.46. The summed E-state index contributed by atoms with van der Waals surface area (Å²) in [5.74, 6) is 5.25. The lowest BCUT2D eigenvalue weighted by Gasteiger charge is -2.58. The van der Waals surface area contributed by atoms with Crippen molar-refractivity contribution in [2.75, 3.05) is 0 Å². The van der Waals surface area contributed by atoms with Crippen molar-refractivity contribution in [3.63, 3.8) is 0 Å². The topological polar surface area (TPSA) is 38.3 Å². The molecular weight excluding hydrogens is 454 g/mol. The lowest BCUT2D eigenvalue weighted by molar-refractivity contribution is -0.0582. The van der Waals surface area contributed by atoms with Gasteiger partial charge in [-0.05, 0) is 104 Å². The first kappa shape index (κ1) is 27.6. The third-order valence-electron chi connectivity index (χ3n) is 12.5. The van der Waals surface area contributed by atoms with Crippen LogP contribution >= 0.6 is 0 Å². The van der Waals surface area contributed by atoms with E-state index in [0.29, 0.717) is 16.9 Å². The van der Waals surface area contributed by atoms with E-state index in [1.165, 1.54) is 77.0 Å². The third kappa shape index (κ3) is 5.54. The summed E-state index contributed by atoms with van der Waals surface area (Å²) in [5, 5.41) is 3.17. The van der Waals surface area contributed by atoms with Crippen molar-refractivity contribution in [1.29, 1.82) is 0 Å². The Balaban J connectivity index is 1.20. The van der Waals surface area contributed by atoms with Gasteiger partial charge in [-0.3, -0.25) is 0 Å². The Hall–Kier alpha value is -0.990. The zero-order valence-corrected chi connectivity index (χ0v) is 24.8. The van der Waals surface area contributed by atoms with Crippen LogP contribution in [-0.2, 0) is 4.74 Å². The Labute approximate surface area is 228 Å². The molecule has 0 saturated heterocycles. The summed E-state index contributed by atoms with van der Waals surface area (Å²) in [7, 11) is 0. The molecule has 0 bridgehead atoms. The molecule has 0 unspecified atom stereocenters. The Morgan fingerprint density at radius 2 is 1.76 bits per heavy atom. The van der Waals surface area contributed by atoms with E-state index < -0.39 is 0 Å². The van der Waals surface area contributed by atoms with Gasteiger partial charge in [0.05, 0.1) is 0 Å². The molecule has 0 aliphatic heterocycles. The summed E-state index contributed by atoms with van der Waals surface area (Å²) in [5.41, 5.74) is 2.50. The standard InChI is InChI=1S/C34H57NO2/c1-23(2)10-9-11-24(3)29-16-17-30-28-15-14-25-22-27(37-32(36)35-26-12-7-6-8-13-26)18-20-33(25,4)31(28)19-21-34(29,30)5/h14,23-24,26-31H,6-13,15-22H2,1-5H3,(H,35,36)/t24-,27+,28-,29+,30-,31-,33-,34+/m0/s1. The molecule has 4 saturated carbocycles. The number of carbonyl (C=O) groups is 1. The molecule has 0 aromatic heterocycles. The molecule has 210 valence electrons. The third-order valence-corrected chi connectivity index (χ3v) is 12.5. The minimum Gasteiger partial charge on any atom is -0.446 e. The molecule has 5 rings (SSSR count). The van der Waals surface area contributed by atoms with Crippen LogP contribution in [0.3, 0.4) is 0 Å². The first-order valence-corrected chi connectivity index (χ1v) is 16.4. The number of hydrogen-bond donors (Lipinski definition) is 1. The van der Waals surface area contributed by atoms with Gasteiger partial charge in [-0.2, -0.15) is 0 Å². The van der Waals surface area contributed by atoms with Gasteiger partial charge in [0.1, 0.15) is 6.10 Å². The van der Waals surface area contributed by atoms with E-state index >= 15 is 0 Å². The van der Waals surface area contributed by atoms with Gasteiger partial charge in [0, 0.05) is 12.5 Å². The van der Waals surface area contributed by atoms with Crippen LogP contribution in [0.5, 0.6) is 0 Å². The monoisotopic (exact) mass is 511 g/mol. The van der Waals surface area contributed by atoms with Crippen LogP contribution in [0.4, 0.5) is 4.79 Å². The smallest absolute Gasteiger partial charge is 0.407 e. The minimum absolute atomic E-state index is 0.0656. The number of allylic oxidation sites excluding steroid dienone is 1. The van der Waals surface area contributed by atoms with E-state index in [9.17, 15) is 4.79 Å². The van der Waals surface area contributed by atoms with Crippen molar-refractivity contribution < 1.29 is 9.53 Å². The summed E-state index contributed by atoms with van der Waals surface area (Å²) in [4.78, 5) is 12.6. The van der Waals surface area contributed by atoms with Gasteiger partial charge in [-0.25, -0.2) is 4.79 Å². The normalized spacial score (nSPS) is 40.8. The number of fused-ring (bicyclic) bond motifs is 5. The first-order valence-electron chi connectivity index (χ1n) is 16.4. The highest BCUT2D eigenvalue weighted by Crippen LogP contribution is 2.67. The minimum atomic E-state index is -0.164. The van der Waals surface area contributed by atoms with Crippen LogP contribution in [-0.4, -0.2) is 18.2 Å². The molecule has 37 heavy (non-hydrogen) atoms. The molecule has 0 radical (unpaired) electrons. The molecule has 3 nitrogen and oxygen atoms in total. The second-order valence-corrected chi connectivity index (χ2v) is 15.0.